The Morgan fingerprint density at radius 2 is 1.93 bits per heavy atom. The molecule has 0 atom stereocenters. The number of ether oxygens (including phenoxy) is 1. The van der Waals surface area contributed by atoms with Gasteiger partial charge in [-0.05, 0) is 50.8 Å². The summed E-state index contributed by atoms with van der Waals surface area (Å²) in [5, 5.41) is 1.90. The number of hydrogen-bond acceptors (Lipinski definition) is 6. The molecule has 2 N–H and O–H groups in total. The van der Waals surface area contributed by atoms with Crippen LogP contribution in [0.3, 0.4) is 0 Å². The van der Waals surface area contributed by atoms with Crippen LogP contribution in [-0.2, 0) is 0 Å². The van der Waals surface area contributed by atoms with Crippen LogP contribution in [0.2, 0.25) is 0 Å². The van der Waals surface area contributed by atoms with E-state index in [0.717, 1.165) is 46.2 Å². The van der Waals surface area contributed by atoms with Gasteiger partial charge in [0.1, 0.15) is 11.3 Å². The van der Waals surface area contributed by atoms with Crippen LogP contribution in [0.25, 0.3) is 33.2 Å². The molecule has 138 valence electrons. The average Bonchev–Trinajstić information content (AvgIpc) is 3.08. The molecular formula is C21H22N4O2. The van der Waals surface area contributed by atoms with E-state index < -0.39 is 0 Å². The maximum Gasteiger partial charge on any atom is 0.226 e. The smallest absolute Gasteiger partial charge is 0.226 e. The number of benzene rings is 2. The molecule has 4 rings (SSSR count). The standard InChI is InChI=1S/C21H22N4O2/c1-25(2)10-5-11-26-20-16-12-15(8-9-17(16)23-21(22)24-20)19-13-14-6-3-4-7-18(14)27-19/h3-4,6-9,12-13H,5,10-11H2,1-2H3,(H2,22,23,24). The number of nitrogens with two attached hydrogens (primary N) is 1. The minimum absolute atomic E-state index is 0.210. The van der Waals surface area contributed by atoms with Crippen LogP contribution in [0.5, 0.6) is 5.88 Å². The van der Waals surface area contributed by atoms with Gasteiger partial charge in [0.2, 0.25) is 11.8 Å². The molecule has 0 aliphatic rings. The van der Waals surface area contributed by atoms with E-state index in [9.17, 15) is 0 Å². The Kier molecular flexibility index (Phi) is 4.64. The lowest BCUT2D eigenvalue weighted by atomic mass is 10.1. The number of rotatable bonds is 6. The predicted octanol–water partition coefficient (Wildman–Crippen LogP) is 3.96. The van der Waals surface area contributed by atoms with E-state index in [1.54, 1.807) is 0 Å². The summed E-state index contributed by atoms with van der Waals surface area (Å²) in [7, 11) is 4.08. The Labute approximate surface area is 157 Å². The summed E-state index contributed by atoms with van der Waals surface area (Å²) in [6.07, 6.45) is 0.904. The lowest BCUT2D eigenvalue weighted by Crippen LogP contribution is -2.16. The minimum Gasteiger partial charge on any atom is -0.477 e. The first kappa shape index (κ1) is 17.3. The minimum atomic E-state index is 0.210. The average molecular weight is 362 g/mol. The number of nitrogen functional groups attached to an aromatic ring is 1. The first-order valence-corrected chi connectivity index (χ1v) is 8.94. The monoisotopic (exact) mass is 362 g/mol. The van der Waals surface area contributed by atoms with E-state index in [1.165, 1.54) is 0 Å². The summed E-state index contributed by atoms with van der Waals surface area (Å²) < 4.78 is 11.9. The number of furan rings is 1. The summed E-state index contributed by atoms with van der Waals surface area (Å²) in [6.45, 7) is 1.52. The highest BCUT2D eigenvalue weighted by Crippen LogP contribution is 2.32. The van der Waals surface area contributed by atoms with Gasteiger partial charge in [-0.25, -0.2) is 4.98 Å². The van der Waals surface area contributed by atoms with Crippen molar-refractivity contribution in [1.29, 1.82) is 0 Å². The SMILES string of the molecule is CN(C)CCCOc1nc(N)nc2ccc(-c3cc4ccccc4o3)cc12. The molecule has 6 nitrogen and oxygen atoms in total. The van der Waals surface area contributed by atoms with Crippen molar-refractivity contribution in [2.24, 2.45) is 0 Å². The molecule has 0 radical (unpaired) electrons. The van der Waals surface area contributed by atoms with Crippen molar-refractivity contribution in [2.75, 3.05) is 33.0 Å². The molecule has 0 amide bonds. The molecule has 0 fully saturated rings. The predicted molar refractivity (Wildman–Crippen MR) is 108 cm³/mol. The first-order chi connectivity index (χ1) is 13.1. The highest BCUT2D eigenvalue weighted by molar-refractivity contribution is 5.90. The fraction of sp³-hybridized carbons (Fsp3) is 0.238. The lowest BCUT2D eigenvalue weighted by molar-refractivity contribution is 0.276. The third kappa shape index (κ3) is 3.71. The van der Waals surface area contributed by atoms with Gasteiger partial charge in [0, 0.05) is 17.5 Å². The molecule has 0 aliphatic carbocycles. The summed E-state index contributed by atoms with van der Waals surface area (Å²) in [6, 6.07) is 15.9. The van der Waals surface area contributed by atoms with Gasteiger partial charge in [0.05, 0.1) is 17.5 Å². The number of aromatic nitrogens is 2. The van der Waals surface area contributed by atoms with Crippen LogP contribution in [0, 0.1) is 0 Å². The van der Waals surface area contributed by atoms with E-state index in [1.807, 2.05) is 62.6 Å². The second-order valence-electron chi connectivity index (χ2n) is 6.77. The van der Waals surface area contributed by atoms with Gasteiger partial charge >= 0.3 is 0 Å². The van der Waals surface area contributed by atoms with Crippen molar-refractivity contribution in [1.82, 2.24) is 14.9 Å². The highest BCUT2D eigenvalue weighted by atomic mass is 16.5. The number of anilines is 1. The molecule has 0 bridgehead atoms. The van der Waals surface area contributed by atoms with Crippen molar-refractivity contribution >= 4 is 27.8 Å². The number of nitrogens with zero attached hydrogens (tertiary/aromatic N) is 3. The lowest BCUT2D eigenvalue weighted by Gasteiger charge is -2.12. The second-order valence-corrected chi connectivity index (χ2v) is 6.77. The van der Waals surface area contributed by atoms with Gasteiger partial charge in [-0.15, -0.1) is 0 Å². The summed E-state index contributed by atoms with van der Waals surface area (Å²) in [5.41, 5.74) is 8.41. The second kappa shape index (κ2) is 7.25. The third-order valence-corrected chi connectivity index (χ3v) is 4.38. The van der Waals surface area contributed by atoms with Gasteiger partial charge in [-0.1, -0.05) is 18.2 Å². The highest BCUT2D eigenvalue weighted by Gasteiger charge is 2.12. The summed E-state index contributed by atoms with van der Waals surface area (Å²) in [4.78, 5) is 10.7. The number of fused-ring (bicyclic) bond motifs is 2. The maximum atomic E-state index is 5.98. The Balaban J connectivity index is 1.69. The molecule has 0 aliphatic heterocycles. The van der Waals surface area contributed by atoms with Gasteiger partial charge in [0.25, 0.3) is 0 Å². The summed E-state index contributed by atoms with van der Waals surface area (Å²) in [5.74, 6) is 1.52. The van der Waals surface area contributed by atoms with Crippen molar-refractivity contribution in [2.45, 2.75) is 6.42 Å². The number of hydrogen-bond donors (Lipinski definition) is 1. The van der Waals surface area contributed by atoms with Crippen LogP contribution in [0.15, 0.2) is 52.9 Å². The maximum absolute atomic E-state index is 5.98. The molecule has 27 heavy (non-hydrogen) atoms. The van der Waals surface area contributed by atoms with Gasteiger partial charge in [0.15, 0.2) is 0 Å². The Hall–Kier alpha value is -3.12. The van der Waals surface area contributed by atoms with E-state index in [-0.39, 0.29) is 5.95 Å². The molecular weight excluding hydrogens is 340 g/mol. The Morgan fingerprint density at radius 1 is 1.07 bits per heavy atom. The third-order valence-electron chi connectivity index (χ3n) is 4.38. The van der Waals surface area contributed by atoms with E-state index in [0.29, 0.717) is 12.5 Å². The molecule has 6 heteroatoms. The Morgan fingerprint density at radius 3 is 2.74 bits per heavy atom. The first-order valence-electron chi connectivity index (χ1n) is 8.94. The van der Waals surface area contributed by atoms with E-state index in [2.05, 4.69) is 14.9 Å². The van der Waals surface area contributed by atoms with Crippen molar-refractivity contribution < 1.29 is 9.15 Å². The molecule has 2 heterocycles. The van der Waals surface area contributed by atoms with Gasteiger partial charge in [-0.3, -0.25) is 0 Å². The van der Waals surface area contributed by atoms with E-state index in [4.69, 9.17) is 14.9 Å². The Bertz CT molecular complexity index is 1060. The zero-order valence-corrected chi connectivity index (χ0v) is 15.5. The van der Waals surface area contributed by atoms with Crippen molar-refractivity contribution in [3.8, 4) is 17.2 Å². The van der Waals surface area contributed by atoms with Crippen LogP contribution >= 0.6 is 0 Å². The molecule has 2 aromatic carbocycles. The molecule has 0 unspecified atom stereocenters. The van der Waals surface area contributed by atoms with Crippen LogP contribution < -0.4 is 10.5 Å². The van der Waals surface area contributed by atoms with Crippen LogP contribution in [-0.4, -0.2) is 42.1 Å². The van der Waals surface area contributed by atoms with Gasteiger partial charge < -0.3 is 19.8 Å². The fourth-order valence-corrected chi connectivity index (χ4v) is 3.05. The molecule has 4 aromatic rings. The zero-order valence-electron chi connectivity index (χ0n) is 15.5. The van der Waals surface area contributed by atoms with Crippen molar-refractivity contribution in [3.05, 3.63) is 48.5 Å². The van der Waals surface area contributed by atoms with Gasteiger partial charge in [-0.2, -0.15) is 4.98 Å². The molecule has 0 saturated carbocycles. The summed E-state index contributed by atoms with van der Waals surface area (Å²) >= 11 is 0. The van der Waals surface area contributed by atoms with Crippen LogP contribution in [0.4, 0.5) is 5.95 Å². The number of para-hydroxylation sites is 1. The molecule has 2 aromatic heterocycles. The quantitative estimate of drug-likeness (QED) is 0.523. The molecule has 0 spiro atoms. The largest absolute Gasteiger partial charge is 0.477 e. The molecule has 0 saturated heterocycles. The van der Waals surface area contributed by atoms with Crippen LogP contribution in [0.1, 0.15) is 6.42 Å². The topological polar surface area (TPSA) is 77.4 Å². The van der Waals surface area contributed by atoms with E-state index >= 15 is 0 Å². The zero-order chi connectivity index (χ0) is 18.8. The van der Waals surface area contributed by atoms with Crippen molar-refractivity contribution in [3.63, 3.8) is 0 Å². The normalized spacial score (nSPS) is 11.5. The fourth-order valence-electron chi connectivity index (χ4n) is 3.05.